The largest absolute Gasteiger partial charge is 0.508 e. The number of phenols is 1. The van der Waals surface area contributed by atoms with E-state index in [0.29, 0.717) is 101 Å². The number of phenolic OH excluding ortho intramolecular Hbond substituents is 1. The summed E-state index contributed by atoms with van der Waals surface area (Å²) in [7, 11) is 9.77. The maximum atomic E-state index is 13.0. The number of piperazine rings is 3. The average Bonchev–Trinajstić information content (AvgIpc) is 0.781. The summed E-state index contributed by atoms with van der Waals surface area (Å²) in [6.07, 6.45) is 0. The number of nitrogens with one attached hydrogen (secondary N) is 4. The Morgan fingerprint density at radius 1 is 0.416 bits per heavy atom. The minimum absolute atomic E-state index is 0. The molecular formula is C80H103BBr3N13O16. The molecule has 15 rings (SSSR count). The molecule has 0 bridgehead atoms. The highest BCUT2D eigenvalue weighted by atomic mass is 79.9. The lowest BCUT2D eigenvalue weighted by molar-refractivity contribution is 0.0990. The maximum Gasteiger partial charge on any atom is 0.369 e. The number of rotatable bonds is 14. The van der Waals surface area contributed by atoms with Gasteiger partial charge in [-0.15, -0.1) is 47.3 Å². The zero-order valence-corrected chi connectivity index (χ0v) is 67.8. The van der Waals surface area contributed by atoms with Crippen LogP contribution < -0.4 is 82.2 Å². The fourth-order valence-electron chi connectivity index (χ4n) is 13.2. The number of benzene rings is 6. The molecule has 0 radical (unpaired) electrons. The van der Waals surface area contributed by atoms with Gasteiger partial charge in [0.25, 0.3) is 17.7 Å². The number of hydrogen-bond acceptors (Lipinski definition) is 26. The molecule has 0 spiro atoms. The van der Waals surface area contributed by atoms with Gasteiger partial charge >= 0.3 is 3.18 Å². The number of aliphatic hydroxyl groups is 1. The van der Waals surface area contributed by atoms with Crippen LogP contribution in [0.1, 0.15) is 46.5 Å². The zero-order valence-electron chi connectivity index (χ0n) is 63.1. The molecule has 9 aromatic rings. The van der Waals surface area contributed by atoms with Crippen molar-refractivity contribution in [2.24, 2.45) is 5.73 Å². The SMILES string of the molecule is BrB(Br)Br.C.C.CN.CN1CCN(c2cc(O)cc3c(=O)cc(C(=O)Nc4ccc(N5CCOCC5)cc4)oc23)CC1.CO.COc1cc(N2CCN(C)CC2)c2oc(C(=O)Nc3ccc(N4CCOCC4)cc3)cc(=O)c2c1.COc1cc(N2CCNCC2)c2oc(C(=O)Nc3ccc(N4CCOCC4)cc3)cc(=O)c2c1. The number of halogens is 3. The molecule has 0 atom stereocenters. The summed E-state index contributed by atoms with van der Waals surface area (Å²) < 4.78 is 45.4. The molecule has 3 aromatic heterocycles. The van der Waals surface area contributed by atoms with Gasteiger partial charge in [-0.25, -0.2) is 0 Å². The van der Waals surface area contributed by atoms with E-state index in [0.717, 1.165) is 153 Å². The third-order valence-corrected chi connectivity index (χ3v) is 19.2. The fourth-order valence-corrected chi connectivity index (χ4v) is 13.2. The van der Waals surface area contributed by atoms with Crippen LogP contribution in [0, 0.1) is 0 Å². The number of hydrogen-bond donors (Lipinski definition) is 7. The quantitative estimate of drug-likeness (QED) is 0.0498. The first kappa shape index (κ1) is 89.3. The first-order valence-electron chi connectivity index (χ1n) is 36.5. The molecule has 3 amide bonds. The number of nitrogens with two attached hydrogens (primary N) is 1. The van der Waals surface area contributed by atoms with Crippen molar-refractivity contribution in [3.05, 3.63) is 175 Å². The molecule has 0 saturated carbocycles. The summed E-state index contributed by atoms with van der Waals surface area (Å²) in [6.45, 7) is 19.0. The topological polar surface area (TPSA) is 329 Å². The summed E-state index contributed by atoms with van der Waals surface area (Å²) in [5.41, 5.74) is 11.9. The monoisotopic (exact) mass is 1750 g/mol. The molecule has 29 nitrogen and oxygen atoms in total. The molecular weight excluding hydrogens is 1650 g/mol. The van der Waals surface area contributed by atoms with Crippen molar-refractivity contribution >= 4 is 152 Å². The molecule has 6 saturated heterocycles. The number of likely N-dealkylation sites (N-methyl/N-ethyl adjacent to an activating group) is 2. The summed E-state index contributed by atoms with van der Waals surface area (Å²) in [6, 6.07) is 36.5. The van der Waals surface area contributed by atoms with E-state index in [4.69, 9.17) is 42.0 Å². The van der Waals surface area contributed by atoms with Crippen LogP contribution in [-0.2, 0) is 14.2 Å². The standard InChI is InChI=1S/C26H30N4O5.2C25H28N4O5.CH5N.CH4O.2CH4.BBr3/c1-28-7-9-30(10-8-28)22-16-20(33-2)15-21-23(31)17-24(35-25(21)22)26(32)27-18-3-5-19(6-4-18)29-11-13-34-14-12-29;1-27-6-8-29(9-7-27)21-15-19(30)14-20-22(31)16-23(34-24(20)21)25(32)26-17-2-4-18(5-3-17)28-10-12-33-13-11-28;1-32-19-14-20-22(30)16-23(34-24(20)21(15-19)29-8-6-26-7-9-29)25(31)27-17-2-4-18(5-3-17)28-10-12-33-13-11-28;2*1-2;;;2-1(3)4/h3-6,15-17H,7-14H2,1-2H3,(H,27,32);2-5,14-16,30H,6-13H2,1H3,(H,26,32);2-5,14-16,26H,6-13H2,1H3,(H,27,31);2H2,1H3;2H,1H3;2*1H4;. The molecule has 608 valence electrons. The van der Waals surface area contributed by atoms with Crippen LogP contribution in [0.2, 0.25) is 0 Å². The van der Waals surface area contributed by atoms with E-state index in [1.807, 2.05) is 92.0 Å². The van der Waals surface area contributed by atoms with Crippen LogP contribution >= 0.6 is 47.3 Å². The predicted molar refractivity (Wildman–Crippen MR) is 463 cm³/mol. The number of methoxy groups -OCH3 is 2. The van der Waals surface area contributed by atoms with Crippen molar-refractivity contribution in [1.29, 1.82) is 0 Å². The Labute approximate surface area is 683 Å². The second-order valence-corrected chi connectivity index (χ2v) is 32.6. The van der Waals surface area contributed by atoms with Crippen LogP contribution in [0.15, 0.2) is 155 Å². The molecule has 8 N–H and O–H groups in total. The second-order valence-electron chi connectivity index (χ2n) is 26.2. The van der Waals surface area contributed by atoms with Gasteiger partial charge in [0.1, 0.15) is 17.2 Å². The van der Waals surface area contributed by atoms with Gasteiger partial charge in [-0.3, -0.25) is 28.8 Å². The van der Waals surface area contributed by atoms with Crippen molar-refractivity contribution in [3.8, 4) is 17.2 Å². The van der Waals surface area contributed by atoms with Crippen molar-refractivity contribution in [3.63, 3.8) is 0 Å². The molecule has 113 heavy (non-hydrogen) atoms. The van der Waals surface area contributed by atoms with Crippen LogP contribution in [0.5, 0.6) is 17.2 Å². The van der Waals surface area contributed by atoms with E-state index in [2.05, 4.69) is 121 Å². The number of amides is 3. The zero-order chi connectivity index (χ0) is 79.1. The van der Waals surface area contributed by atoms with Gasteiger partial charge in [-0.2, -0.15) is 0 Å². The number of morpholine rings is 3. The van der Waals surface area contributed by atoms with E-state index in [1.165, 1.54) is 31.3 Å². The molecule has 6 fully saturated rings. The number of aliphatic hydroxyl groups excluding tert-OH is 1. The van der Waals surface area contributed by atoms with Crippen LogP contribution in [-0.4, -0.2) is 241 Å². The van der Waals surface area contributed by atoms with E-state index in [1.54, 1.807) is 32.4 Å². The lowest BCUT2D eigenvalue weighted by Crippen LogP contribution is -2.44. The molecule has 33 heteroatoms. The van der Waals surface area contributed by atoms with E-state index >= 15 is 0 Å². The van der Waals surface area contributed by atoms with Crippen LogP contribution in [0.3, 0.4) is 0 Å². The molecule has 9 heterocycles. The molecule has 6 aliphatic heterocycles. The second kappa shape index (κ2) is 43.8. The van der Waals surface area contributed by atoms with E-state index in [9.17, 15) is 33.9 Å². The number of aromatic hydroxyl groups is 1. The first-order chi connectivity index (χ1) is 53.8. The lowest BCUT2D eigenvalue weighted by atomic mass is 10.1. The molecule has 6 aromatic carbocycles. The number of anilines is 9. The highest BCUT2D eigenvalue weighted by Gasteiger charge is 2.27. The first-order valence-corrected chi connectivity index (χ1v) is 39.2. The highest BCUT2D eigenvalue weighted by molar-refractivity contribution is 9.69. The summed E-state index contributed by atoms with van der Waals surface area (Å²) >= 11 is 9.31. The Hall–Kier alpha value is -9.26. The van der Waals surface area contributed by atoms with Gasteiger partial charge < -0.3 is 113 Å². The lowest BCUT2D eigenvalue weighted by Gasteiger charge is -2.34. The number of carbonyl (C=O) groups excluding carboxylic acids is 3. The third-order valence-electron chi connectivity index (χ3n) is 19.2. The Kier molecular flexibility index (Phi) is 34.7. The van der Waals surface area contributed by atoms with Gasteiger partial charge in [0, 0.05) is 195 Å². The average molecular weight is 1750 g/mol. The Balaban J connectivity index is 0.000000201. The van der Waals surface area contributed by atoms with Gasteiger partial charge in [0.05, 0.1) is 87.1 Å². The predicted octanol–water partition coefficient (Wildman–Crippen LogP) is 9.89. The summed E-state index contributed by atoms with van der Waals surface area (Å²) in [4.78, 5) is 95.3. The minimum Gasteiger partial charge on any atom is -0.508 e. The van der Waals surface area contributed by atoms with Gasteiger partial charge in [-0.05, 0) is 112 Å². The van der Waals surface area contributed by atoms with Crippen molar-refractivity contribution in [2.45, 2.75) is 14.9 Å². The number of ether oxygens (including phenoxy) is 5. The smallest absolute Gasteiger partial charge is 0.369 e. The molecule has 0 unspecified atom stereocenters. The number of carbonyl (C=O) groups is 3. The van der Waals surface area contributed by atoms with Crippen LogP contribution in [0.25, 0.3) is 32.9 Å². The fraction of sp³-hybridized carbons (Fsp3) is 0.400. The van der Waals surface area contributed by atoms with Crippen LogP contribution in [0.4, 0.5) is 51.2 Å². The maximum absolute atomic E-state index is 13.0. The third kappa shape index (κ3) is 23.9. The summed E-state index contributed by atoms with van der Waals surface area (Å²) in [5, 5.41) is 30.0. The van der Waals surface area contributed by atoms with Crippen molar-refractivity contribution in [2.75, 3.05) is 245 Å². The van der Waals surface area contributed by atoms with E-state index in [-0.39, 0.29) is 62.7 Å². The van der Waals surface area contributed by atoms with Crippen molar-refractivity contribution < 1.29 is 61.5 Å². The molecule has 0 aliphatic carbocycles. The summed E-state index contributed by atoms with van der Waals surface area (Å²) in [5.74, 6) is -0.431. The van der Waals surface area contributed by atoms with Crippen molar-refractivity contribution in [1.82, 2.24) is 15.1 Å². The highest BCUT2D eigenvalue weighted by Crippen LogP contribution is 2.36. The normalized spacial score (nSPS) is 15.7. The Morgan fingerprint density at radius 3 is 0.982 bits per heavy atom. The number of nitrogens with zero attached hydrogens (tertiary/aromatic N) is 8. The van der Waals surface area contributed by atoms with Gasteiger partial charge in [-0.1, -0.05) is 14.9 Å². The Bertz CT molecular complexity index is 4750. The van der Waals surface area contributed by atoms with E-state index < -0.39 is 17.7 Å². The molecule has 6 aliphatic rings. The van der Waals surface area contributed by atoms with Gasteiger partial charge in [0.15, 0.2) is 50.3 Å². The van der Waals surface area contributed by atoms with Gasteiger partial charge in [0.2, 0.25) is 0 Å². The minimum atomic E-state index is -0.504. The number of fused-ring (bicyclic) bond motifs is 3. The Morgan fingerprint density at radius 2 is 0.690 bits per heavy atom.